The molecule has 0 saturated heterocycles. The fourth-order valence-electron chi connectivity index (χ4n) is 1.58. The molecule has 0 heterocycles. The Morgan fingerprint density at radius 1 is 1.36 bits per heavy atom. The van der Waals surface area contributed by atoms with Gasteiger partial charge in [-0.15, -0.1) is 0 Å². The van der Waals surface area contributed by atoms with Crippen molar-refractivity contribution in [3.63, 3.8) is 0 Å². The first-order chi connectivity index (χ1) is 6.52. The Kier molecular flexibility index (Phi) is 6.28. The first-order valence-corrected chi connectivity index (χ1v) is 5.24. The molecule has 0 fully saturated rings. The summed E-state index contributed by atoms with van der Waals surface area (Å²) < 4.78 is 0. The SMILES string of the molecule is CCN=C(N)N(CC)C(C)CN(C)C. The molecule has 0 aromatic rings. The van der Waals surface area contributed by atoms with Crippen LogP contribution in [0.3, 0.4) is 0 Å². The van der Waals surface area contributed by atoms with E-state index in [0.717, 1.165) is 19.6 Å². The van der Waals surface area contributed by atoms with Gasteiger partial charge in [0.15, 0.2) is 5.96 Å². The van der Waals surface area contributed by atoms with Crippen LogP contribution in [0, 0.1) is 0 Å². The predicted molar refractivity (Wildman–Crippen MR) is 62.6 cm³/mol. The van der Waals surface area contributed by atoms with Gasteiger partial charge >= 0.3 is 0 Å². The second kappa shape index (κ2) is 6.65. The van der Waals surface area contributed by atoms with E-state index in [1.54, 1.807) is 0 Å². The maximum atomic E-state index is 5.87. The maximum Gasteiger partial charge on any atom is 0.191 e. The molecule has 0 aliphatic carbocycles. The lowest BCUT2D eigenvalue weighted by atomic mass is 10.3. The molecule has 0 spiro atoms. The molecule has 0 rings (SSSR count). The van der Waals surface area contributed by atoms with Crippen molar-refractivity contribution in [3.8, 4) is 0 Å². The molecule has 0 aliphatic rings. The highest BCUT2D eigenvalue weighted by molar-refractivity contribution is 5.78. The highest BCUT2D eigenvalue weighted by Gasteiger charge is 2.14. The summed E-state index contributed by atoms with van der Waals surface area (Å²) in [5.74, 6) is 0.657. The zero-order valence-electron chi connectivity index (χ0n) is 10.1. The van der Waals surface area contributed by atoms with E-state index in [1.807, 2.05) is 6.92 Å². The molecule has 14 heavy (non-hydrogen) atoms. The summed E-state index contributed by atoms with van der Waals surface area (Å²) in [4.78, 5) is 8.51. The van der Waals surface area contributed by atoms with E-state index in [4.69, 9.17) is 5.73 Å². The Bertz CT molecular complexity index is 177. The van der Waals surface area contributed by atoms with Crippen molar-refractivity contribution in [2.75, 3.05) is 33.7 Å². The van der Waals surface area contributed by atoms with E-state index >= 15 is 0 Å². The third-order valence-corrected chi connectivity index (χ3v) is 2.12. The molecule has 1 unspecified atom stereocenters. The van der Waals surface area contributed by atoms with Gasteiger partial charge in [-0.05, 0) is 34.9 Å². The first kappa shape index (κ1) is 13.2. The summed E-state index contributed by atoms with van der Waals surface area (Å²) in [5.41, 5.74) is 5.87. The summed E-state index contributed by atoms with van der Waals surface area (Å²) >= 11 is 0. The van der Waals surface area contributed by atoms with E-state index in [9.17, 15) is 0 Å². The molecule has 0 aromatic heterocycles. The molecule has 2 N–H and O–H groups in total. The van der Waals surface area contributed by atoms with Crippen LogP contribution in [0.4, 0.5) is 0 Å². The van der Waals surface area contributed by atoms with Gasteiger partial charge < -0.3 is 15.5 Å². The average Bonchev–Trinajstić information content (AvgIpc) is 2.04. The molecular weight excluding hydrogens is 176 g/mol. The van der Waals surface area contributed by atoms with Crippen LogP contribution in [0.5, 0.6) is 0 Å². The number of aliphatic imine (C=N–C) groups is 1. The van der Waals surface area contributed by atoms with Gasteiger partial charge in [-0.3, -0.25) is 4.99 Å². The third kappa shape index (κ3) is 4.46. The van der Waals surface area contributed by atoms with Crippen LogP contribution in [0.25, 0.3) is 0 Å². The van der Waals surface area contributed by atoms with E-state index in [2.05, 4.69) is 42.7 Å². The second-order valence-electron chi connectivity index (χ2n) is 3.73. The molecule has 84 valence electrons. The normalized spacial score (nSPS) is 14.6. The van der Waals surface area contributed by atoms with Crippen molar-refractivity contribution in [1.29, 1.82) is 0 Å². The van der Waals surface area contributed by atoms with Gasteiger partial charge in [0.25, 0.3) is 0 Å². The van der Waals surface area contributed by atoms with Crippen LogP contribution in [0.1, 0.15) is 20.8 Å². The quantitative estimate of drug-likeness (QED) is 0.522. The summed E-state index contributed by atoms with van der Waals surface area (Å²) in [6.07, 6.45) is 0. The highest BCUT2D eigenvalue weighted by atomic mass is 15.3. The number of guanidine groups is 1. The van der Waals surface area contributed by atoms with Crippen LogP contribution >= 0.6 is 0 Å². The summed E-state index contributed by atoms with van der Waals surface area (Å²) in [6.45, 7) is 8.91. The number of nitrogens with two attached hydrogens (primary N) is 1. The zero-order valence-corrected chi connectivity index (χ0v) is 10.1. The molecule has 0 radical (unpaired) electrons. The van der Waals surface area contributed by atoms with Crippen LogP contribution in [-0.4, -0.2) is 55.5 Å². The van der Waals surface area contributed by atoms with Gasteiger partial charge in [0.05, 0.1) is 0 Å². The Hall–Kier alpha value is -0.770. The van der Waals surface area contributed by atoms with Crippen molar-refractivity contribution < 1.29 is 0 Å². The monoisotopic (exact) mass is 200 g/mol. The number of nitrogens with zero attached hydrogens (tertiary/aromatic N) is 3. The van der Waals surface area contributed by atoms with Crippen molar-refractivity contribution in [2.45, 2.75) is 26.8 Å². The highest BCUT2D eigenvalue weighted by Crippen LogP contribution is 1.99. The van der Waals surface area contributed by atoms with Crippen LogP contribution in [0.15, 0.2) is 4.99 Å². The Labute approximate surface area is 87.8 Å². The number of hydrogen-bond acceptors (Lipinski definition) is 2. The van der Waals surface area contributed by atoms with Crippen molar-refractivity contribution in [1.82, 2.24) is 9.80 Å². The minimum atomic E-state index is 0.408. The number of rotatable bonds is 5. The number of hydrogen-bond donors (Lipinski definition) is 1. The molecular formula is C10H24N4. The van der Waals surface area contributed by atoms with Gasteiger partial charge in [0.1, 0.15) is 0 Å². The second-order valence-corrected chi connectivity index (χ2v) is 3.73. The minimum absolute atomic E-state index is 0.408. The fourth-order valence-corrected chi connectivity index (χ4v) is 1.58. The summed E-state index contributed by atoms with van der Waals surface area (Å²) in [6, 6.07) is 0.408. The molecule has 0 aromatic carbocycles. The largest absolute Gasteiger partial charge is 0.370 e. The van der Waals surface area contributed by atoms with Crippen molar-refractivity contribution in [3.05, 3.63) is 0 Å². The molecule has 0 aliphatic heterocycles. The standard InChI is InChI=1S/C10H24N4/c1-6-12-10(11)14(7-2)9(3)8-13(4)5/h9H,6-8H2,1-5H3,(H2,11,12). The average molecular weight is 200 g/mol. The van der Waals surface area contributed by atoms with Crippen molar-refractivity contribution in [2.24, 2.45) is 10.7 Å². The van der Waals surface area contributed by atoms with Gasteiger partial charge in [-0.2, -0.15) is 0 Å². The van der Waals surface area contributed by atoms with E-state index < -0.39 is 0 Å². The zero-order chi connectivity index (χ0) is 11.1. The van der Waals surface area contributed by atoms with Crippen LogP contribution in [0.2, 0.25) is 0 Å². The molecule has 1 atom stereocenters. The van der Waals surface area contributed by atoms with Gasteiger partial charge in [0.2, 0.25) is 0 Å². The van der Waals surface area contributed by atoms with E-state index in [1.165, 1.54) is 0 Å². The van der Waals surface area contributed by atoms with E-state index in [0.29, 0.717) is 12.0 Å². The van der Waals surface area contributed by atoms with Crippen LogP contribution < -0.4 is 5.73 Å². The van der Waals surface area contributed by atoms with Gasteiger partial charge in [-0.1, -0.05) is 0 Å². The Morgan fingerprint density at radius 2 is 1.93 bits per heavy atom. The lowest BCUT2D eigenvalue weighted by Crippen LogP contribution is -2.47. The third-order valence-electron chi connectivity index (χ3n) is 2.12. The Morgan fingerprint density at radius 3 is 2.29 bits per heavy atom. The molecule has 0 amide bonds. The first-order valence-electron chi connectivity index (χ1n) is 5.24. The fraction of sp³-hybridized carbons (Fsp3) is 0.900. The summed E-state index contributed by atoms with van der Waals surface area (Å²) in [5, 5.41) is 0. The minimum Gasteiger partial charge on any atom is -0.370 e. The van der Waals surface area contributed by atoms with Crippen molar-refractivity contribution >= 4 is 5.96 Å². The predicted octanol–water partition coefficient (Wildman–Crippen LogP) is 0.593. The Balaban J connectivity index is 4.31. The number of likely N-dealkylation sites (N-methyl/N-ethyl adjacent to an activating group) is 2. The maximum absolute atomic E-state index is 5.87. The van der Waals surface area contributed by atoms with E-state index in [-0.39, 0.29) is 0 Å². The molecule has 0 saturated carbocycles. The lowest BCUT2D eigenvalue weighted by molar-refractivity contribution is 0.261. The summed E-state index contributed by atoms with van der Waals surface area (Å²) in [7, 11) is 4.13. The topological polar surface area (TPSA) is 44.9 Å². The van der Waals surface area contributed by atoms with Crippen LogP contribution in [-0.2, 0) is 0 Å². The van der Waals surface area contributed by atoms with Gasteiger partial charge in [-0.25, -0.2) is 0 Å². The lowest BCUT2D eigenvalue weighted by Gasteiger charge is -2.30. The molecule has 0 bridgehead atoms. The molecule has 4 nitrogen and oxygen atoms in total. The van der Waals surface area contributed by atoms with Gasteiger partial charge in [0, 0.05) is 25.7 Å². The smallest absolute Gasteiger partial charge is 0.191 e. The molecule has 4 heteroatoms.